The monoisotopic (exact) mass is 388 g/mol. The lowest BCUT2D eigenvalue weighted by atomic mass is 10.0. The van der Waals surface area contributed by atoms with Crippen LogP contribution in [0.3, 0.4) is 0 Å². The third kappa shape index (κ3) is 3.26. The van der Waals surface area contributed by atoms with Crippen LogP contribution in [-0.4, -0.2) is 18.4 Å². The van der Waals surface area contributed by atoms with Gasteiger partial charge in [-0.2, -0.15) is 5.26 Å². The van der Waals surface area contributed by atoms with E-state index >= 15 is 0 Å². The number of rotatable bonds is 5. The van der Waals surface area contributed by atoms with E-state index < -0.39 is 11.8 Å². The Labute approximate surface area is 159 Å². The molecule has 8 heteroatoms. The lowest BCUT2D eigenvalue weighted by molar-refractivity contribution is 0.0529. The van der Waals surface area contributed by atoms with Gasteiger partial charge < -0.3 is 15.2 Å². The van der Waals surface area contributed by atoms with Gasteiger partial charge in [0, 0.05) is 17.5 Å². The molecular weight excluding hydrogens is 371 g/mol. The molecule has 140 valence electrons. The summed E-state index contributed by atoms with van der Waals surface area (Å²) in [6.07, 6.45) is 0.218. The van der Waals surface area contributed by atoms with Gasteiger partial charge in [-0.15, -0.1) is 11.3 Å². The van der Waals surface area contributed by atoms with Crippen molar-refractivity contribution in [3.05, 3.63) is 45.1 Å². The second-order valence-electron chi connectivity index (χ2n) is 6.13. The minimum Gasteiger partial charge on any atom is -0.488 e. The van der Waals surface area contributed by atoms with Crippen LogP contribution in [0.4, 0.5) is 9.39 Å². The van der Waals surface area contributed by atoms with Crippen LogP contribution in [-0.2, 0) is 11.3 Å². The summed E-state index contributed by atoms with van der Waals surface area (Å²) in [5.41, 5.74) is 6.84. The van der Waals surface area contributed by atoms with E-state index in [4.69, 9.17) is 15.2 Å². The van der Waals surface area contributed by atoms with E-state index in [2.05, 4.69) is 0 Å². The molecule has 3 rings (SSSR count). The van der Waals surface area contributed by atoms with E-state index in [1.165, 1.54) is 12.1 Å². The van der Waals surface area contributed by atoms with Crippen molar-refractivity contribution in [3.8, 4) is 11.8 Å². The first kappa shape index (κ1) is 18.9. The van der Waals surface area contributed by atoms with Gasteiger partial charge in [0.05, 0.1) is 17.7 Å². The van der Waals surface area contributed by atoms with Crippen LogP contribution in [0.2, 0.25) is 0 Å². The Morgan fingerprint density at radius 2 is 2.22 bits per heavy atom. The molecular formula is C19H17FN2O4S. The predicted molar refractivity (Wildman–Crippen MR) is 97.5 cm³/mol. The molecule has 2 aromatic rings. The first-order chi connectivity index (χ1) is 12.9. The number of anilines is 1. The van der Waals surface area contributed by atoms with Crippen LogP contribution < -0.4 is 10.5 Å². The highest BCUT2D eigenvalue weighted by Gasteiger charge is 2.33. The number of thiophene rings is 1. The van der Waals surface area contributed by atoms with Gasteiger partial charge in [0.15, 0.2) is 5.78 Å². The number of benzene rings is 1. The number of carbonyl (C=O) groups excluding carboxylic acids is 2. The Morgan fingerprint density at radius 1 is 1.48 bits per heavy atom. The summed E-state index contributed by atoms with van der Waals surface area (Å²) >= 11 is 0.951. The Bertz CT molecular complexity index is 977. The minimum absolute atomic E-state index is 0.140. The van der Waals surface area contributed by atoms with E-state index in [1.54, 1.807) is 13.8 Å². The number of ketones is 1. The fraction of sp³-hybridized carbons (Fsp3) is 0.316. The standard InChI is InChI=1S/C19H17FN2O4S/c1-3-25-19(24)17-11(10(7-21)18(22)27-17)8-26-14-5-4-12(20)15-9(2)6-13(23)16(14)15/h4-5,9H,3,6,8,22H2,1-2H3/t9-/m1/s1. The molecule has 1 aliphatic carbocycles. The second kappa shape index (κ2) is 7.37. The number of esters is 1. The van der Waals surface area contributed by atoms with Gasteiger partial charge in [-0.25, -0.2) is 9.18 Å². The number of Topliss-reactive ketones (excluding diaryl/α,β-unsaturated/α-hetero) is 1. The number of hydrogen-bond donors (Lipinski definition) is 1. The number of carbonyl (C=O) groups is 2. The van der Waals surface area contributed by atoms with Crippen LogP contribution in [0.5, 0.6) is 5.75 Å². The molecule has 0 fully saturated rings. The summed E-state index contributed by atoms with van der Waals surface area (Å²) in [4.78, 5) is 24.6. The smallest absolute Gasteiger partial charge is 0.348 e. The molecule has 6 nitrogen and oxygen atoms in total. The lowest BCUT2D eigenvalue weighted by Gasteiger charge is -2.12. The first-order valence-corrected chi connectivity index (χ1v) is 9.17. The normalized spacial score (nSPS) is 15.3. The third-order valence-electron chi connectivity index (χ3n) is 4.40. The van der Waals surface area contributed by atoms with E-state index in [0.29, 0.717) is 11.1 Å². The zero-order chi connectivity index (χ0) is 19.7. The van der Waals surface area contributed by atoms with Gasteiger partial charge in [0.1, 0.15) is 34.1 Å². The SMILES string of the molecule is CCOC(=O)c1sc(N)c(C#N)c1COc1ccc(F)c2c1C(=O)C[C@H]2C. The quantitative estimate of drug-likeness (QED) is 0.782. The molecule has 1 aromatic heterocycles. The van der Waals surface area contributed by atoms with Crippen LogP contribution in [0, 0.1) is 17.1 Å². The molecule has 0 saturated heterocycles. The van der Waals surface area contributed by atoms with Gasteiger partial charge in [0.25, 0.3) is 0 Å². The van der Waals surface area contributed by atoms with Gasteiger partial charge >= 0.3 is 5.97 Å². The maximum absolute atomic E-state index is 14.1. The van der Waals surface area contributed by atoms with Crippen molar-refractivity contribution in [1.82, 2.24) is 0 Å². The first-order valence-electron chi connectivity index (χ1n) is 8.35. The highest BCUT2D eigenvalue weighted by molar-refractivity contribution is 7.18. The fourth-order valence-corrected chi connectivity index (χ4v) is 4.12. The van der Waals surface area contributed by atoms with Crippen molar-refractivity contribution in [1.29, 1.82) is 5.26 Å². The van der Waals surface area contributed by atoms with Gasteiger partial charge in [-0.05, 0) is 25.0 Å². The number of nitrogens with zero attached hydrogens (tertiary/aromatic N) is 1. The molecule has 1 aromatic carbocycles. The van der Waals surface area contributed by atoms with Gasteiger partial charge in [0.2, 0.25) is 0 Å². The second-order valence-corrected chi connectivity index (χ2v) is 7.18. The molecule has 0 amide bonds. The topological polar surface area (TPSA) is 102 Å². The average Bonchev–Trinajstić information content (AvgIpc) is 3.11. The van der Waals surface area contributed by atoms with Crippen molar-refractivity contribution >= 4 is 28.1 Å². The molecule has 27 heavy (non-hydrogen) atoms. The number of hydrogen-bond acceptors (Lipinski definition) is 7. The van der Waals surface area contributed by atoms with E-state index in [1.807, 2.05) is 6.07 Å². The third-order valence-corrected chi connectivity index (χ3v) is 5.44. The van der Waals surface area contributed by atoms with Crippen LogP contribution in [0.25, 0.3) is 0 Å². The van der Waals surface area contributed by atoms with Gasteiger partial charge in [-0.3, -0.25) is 4.79 Å². The molecule has 0 radical (unpaired) electrons. The largest absolute Gasteiger partial charge is 0.488 e. The van der Waals surface area contributed by atoms with Crippen LogP contribution in [0.1, 0.15) is 62.9 Å². The lowest BCUT2D eigenvalue weighted by Crippen LogP contribution is -2.09. The maximum Gasteiger partial charge on any atom is 0.348 e. The molecule has 2 N–H and O–H groups in total. The molecule has 1 atom stereocenters. The number of nitrogens with two attached hydrogens (primary N) is 1. The van der Waals surface area contributed by atoms with Crippen molar-refractivity contribution in [2.75, 3.05) is 12.3 Å². The Balaban J connectivity index is 1.96. The van der Waals surface area contributed by atoms with E-state index in [0.717, 1.165) is 11.3 Å². The number of ether oxygens (including phenoxy) is 2. The van der Waals surface area contributed by atoms with Crippen molar-refractivity contribution in [2.24, 2.45) is 0 Å². The zero-order valence-corrected chi connectivity index (χ0v) is 15.6. The highest BCUT2D eigenvalue weighted by Crippen LogP contribution is 2.40. The van der Waals surface area contributed by atoms with Crippen molar-refractivity contribution in [2.45, 2.75) is 32.8 Å². The Kier molecular flexibility index (Phi) is 5.15. The molecule has 0 aliphatic heterocycles. The number of fused-ring (bicyclic) bond motifs is 1. The summed E-state index contributed by atoms with van der Waals surface area (Å²) < 4.78 is 24.8. The number of nitriles is 1. The average molecular weight is 388 g/mol. The van der Waals surface area contributed by atoms with Crippen molar-refractivity contribution in [3.63, 3.8) is 0 Å². The van der Waals surface area contributed by atoms with Crippen molar-refractivity contribution < 1.29 is 23.5 Å². The molecule has 0 spiro atoms. The summed E-state index contributed by atoms with van der Waals surface area (Å²) in [7, 11) is 0. The highest BCUT2D eigenvalue weighted by atomic mass is 32.1. The molecule has 1 aliphatic rings. The van der Waals surface area contributed by atoms with Crippen LogP contribution in [0.15, 0.2) is 12.1 Å². The molecule has 1 heterocycles. The predicted octanol–water partition coefficient (Wildman–Crippen LogP) is 3.79. The summed E-state index contributed by atoms with van der Waals surface area (Å²) in [5, 5.41) is 9.54. The summed E-state index contributed by atoms with van der Waals surface area (Å²) in [6, 6.07) is 4.60. The number of nitrogen functional groups attached to an aromatic ring is 1. The Morgan fingerprint density at radius 3 is 2.89 bits per heavy atom. The van der Waals surface area contributed by atoms with Crippen LogP contribution >= 0.6 is 11.3 Å². The molecule has 0 unspecified atom stereocenters. The van der Waals surface area contributed by atoms with E-state index in [-0.39, 0.29) is 58.1 Å². The summed E-state index contributed by atoms with van der Waals surface area (Å²) in [6.45, 7) is 3.47. The zero-order valence-electron chi connectivity index (χ0n) is 14.8. The molecule has 0 bridgehead atoms. The fourth-order valence-electron chi connectivity index (χ4n) is 3.20. The van der Waals surface area contributed by atoms with E-state index in [9.17, 15) is 19.2 Å². The maximum atomic E-state index is 14.1. The van der Waals surface area contributed by atoms with Gasteiger partial charge in [-0.1, -0.05) is 6.92 Å². The summed E-state index contributed by atoms with van der Waals surface area (Å²) in [5.74, 6) is -1.23. The molecule has 0 saturated carbocycles. The Hall–Kier alpha value is -2.92. The number of halogens is 1. The minimum atomic E-state index is -0.594.